The van der Waals surface area contributed by atoms with Crippen molar-refractivity contribution in [3.63, 3.8) is 0 Å². The first-order chi connectivity index (χ1) is 11.2. The SMILES string of the molecule is CN=C(NCc1sccc1C)NC1C2CCOC2C12CCCC2. The van der Waals surface area contributed by atoms with Gasteiger partial charge in [-0.1, -0.05) is 12.8 Å². The number of aryl methyl sites for hydroxylation is 1. The van der Waals surface area contributed by atoms with Crippen molar-refractivity contribution in [2.75, 3.05) is 13.7 Å². The van der Waals surface area contributed by atoms with E-state index in [4.69, 9.17) is 4.74 Å². The number of ether oxygens (including phenoxy) is 1. The van der Waals surface area contributed by atoms with E-state index < -0.39 is 0 Å². The van der Waals surface area contributed by atoms with Gasteiger partial charge in [-0.05, 0) is 43.2 Å². The van der Waals surface area contributed by atoms with Gasteiger partial charge in [0.05, 0.1) is 12.6 Å². The second-order valence-electron chi connectivity index (χ2n) is 7.26. The zero-order valence-corrected chi connectivity index (χ0v) is 14.9. The Labute approximate surface area is 142 Å². The van der Waals surface area contributed by atoms with Crippen molar-refractivity contribution in [1.29, 1.82) is 0 Å². The molecule has 2 aliphatic carbocycles. The van der Waals surface area contributed by atoms with Crippen LogP contribution in [-0.2, 0) is 11.3 Å². The summed E-state index contributed by atoms with van der Waals surface area (Å²) in [6.07, 6.45) is 7.03. The van der Waals surface area contributed by atoms with Crippen LogP contribution in [0.1, 0.15) is 42.5 Å². The summed E-state index contributed by atoms with van der Waals surface area (Å²) in [6.45, 7) is 3.97. The molecule has 0 radical (unpaired) electrons. The number of thiophene rings is 1. The summed E-state index contributed by atoms with van der Waals surface area (Å²) in [4.78, 5) is 5.85. The van der Waals surface area contributed by atoms with Gasteiger partial charge in [0.25, 0.3) is 0 Å². The van der Waals surface area contributed by atoms with Gasteiger partial charge < -0.3 is 15.4 Å². The minimum absolute atomic E-state index is 0.373. The number of nitrogens with zero attached hydrogens (tertiary/aromatic N) is 1. The van der Waals surface area contributed by atoms with Crippen molar-refractivity contribution in [3.05, 3.63) is 21.9 Å². The van der Waals surface area contributed by atoms with E-state index >= 15 is 0 Å². The summed E-state index contributed by atoms with van der Waals surface area (Å²) in [6, 6.07) is 2.71. The molecule has 3 fully saturated rings. The second-order valence-corrected chi connectivity index (χ2v) is 8.26. The summed E-state index contributed by atoms with van der Waals surface area (Å²) in [7, 11) is 1.87. The molecule has 2 saturated carbocycles. The van der Waals surface area contributed by atoms with E-state index in [0.29, 0.717) is 23.5 Å². The molecule has 2 N–H and O–H groups in total. The molecule has 23 heavy (non-hydrogen) atoms. The molecule has 3 atom stereocenters. The topological polar surface area (TPSA) is 45.7 Å². The van der Waals surface area contributed by atoms with Crippen LogP contribution in [0.5, 0.6) is 0 Å². The molecule has 3 unspecified atom stereocenters. The van der Waals surface area contributed by atoms with E-state index in [9.17, 15) is 0 Å². The number of aliphatic imine (C=N–C) groups is 1. The molecule has 126 valence electrons. The molecule has 4 nitrogen and oxygen atoms in total. The van der Waals surface area contributed by atoms with Crippen molar-refractivity contribution in [2.45, 2.75) is 57.7 Å². The number of hydrogen-bond acceptors (Lipinski definition) is 3. The van der Waals surface area contributed by atoms with E-state index in [0.717, 1.165) is 19.1 Å². The van der Waals surface area contributed by atoms with E-state index in [-0.39, 0.29) is 0 Å². The minimum Gasteiger partial charge on any atom is -0.377 e. The van der Waals surface area contributed by atoms with Crippen molar-refractivity contribution in [2.24, 2.45) is 16.3 Å². The van der Waals surface area contributed by atoms with Crippen molar-refractivity contribution in [1.82, 2.24) is 10.6 Å². The van der Waals surface area contributed by atoms with Crippen LogP contribution in [0.2, 0.25) is 0 Å². The lowest BCUT2D eigenvalue weighted by molar-refractivity contribution is -0.125. The van der Waals surface area contributed by atoms with Crippen LogP contribution in [0.15, 0.2) is 16.4 Å². The molecule has 5 heteroatoms. The van der Waals surface area contributed by atoms with Crippen LogP contribution in [-0.4, -0.2) is 31.8 Å². The van der Waals surface area contributed by atoms with E-state index in [1.807, 2.05) is 18.4 Å². The Bertz CT molecular complexity index is 591. The lowest BCUT2D eigenvalue weighted by atomic mass is 9.54. The summed E-state index contributed by atoms with van der Waals surface area (Å²) in [5, 5.41) is 9.41. The Morgan fingerprint density at radius 3 is 2.96 bits per heavy atom. The molecule has 1 spiro atoms. The van der Waals surface area contributed by atoms with Crippen molar-refractivity contribution < 1.29 is 4.74 Å². The molecule has 4 rings (SSSR count). The summed E-state index contributed by atoms with van der Waals surface area (Å²) in [5.74, 6) is 1.62. The van der Waals surface area contributed by atoms with Gasteiger partial charge in [0.1, 0.15) is 0 Å². The molecule has 0 aromatic carbocycles. The molecule has 1 saturated heterocycles. The van der Waals surface area contributed by atoms with Gasteiger partial charge in [-0.25, -0.2) is 0 Å². The Kier molecular flexibility index (Phi) is 4.10. The summed E-state index contributed by atoms with van der Waals surface area (Å²) >= 11 is 1.81. The highest BCUT2D eigenvalue weighted by atomic mass is 32.1. The van der Waals surface area contributed by atoms with Gasteiger partial charge in [-0.3, -0.25) is 4.99 Å². The Morgan fingerprint density at radius 1 is 1.43 bits per heavy atom. The predicted octanol–water partition coefficient (Wildman–Crippen LogP) is 3.07. The largest absolute Gasteiger partial charge is 0.377 e. The number of nitrogens with one attached hydrogen (secondary N) is 2. The van der Waals surface area contributed by atoms with Crippen molar-refractivity contribution >= 4 is 17.3 Å². The highest BCUT2D eigenvalue weighted by Crippen LogP contribution is 2.60. The quantitative estimate of drug-likeness (QED) is 0.660. The fraction of sp³-hybridized carbons (Fsp3) is 0.722. The molecular formula is C18H27N3OS. The van der Waals surface area contributed by atoms with Crippen LogP contribution in [0.4, 0.5) is 0 Å². The number of fused-ring (bicyclic) bond motifs is 2. The minimum atomic E-state index is 0.373. The third-order valence-electron chi connectivity index (χ3n) is 6.19. The van der Waals surface area contributed by atoms with Gasteiger partial charge in [0, 0.05) is 35.9 Å². The maximum absolute atomic E-state index is 6.07. The second kappa shape index (κ2) is 6.10. The third-order valence-corrected chi connectivity index (χ3v) is 7.21. The average molecular weight is 334 g/mol. The van der Waals surface area contributed by atoms with Crippen molar-refractivity contribution in [3.8, 4) is 0 Å². The summed E-state index contributed by atoms with van der Waals surface area (Å²) in [5.41, 5.74) is 1.73. The first kappa shape index (κ1) is 15.5. The molecule has 1 aromatic rings. The predicted molar refractivity (Wildman–Crippen MR) is 94.9 cm³/mol. The fourth-order valence-corrected chi connectivity index (χ4v) is 5.84. The first-order valence-electron chi connectivity index (χ1n) is 8.86. The van der Waals surface area contributed by atoms with Gasteiger partial charge in [0.2, 0.25) is 0 Å². The molecular weight excluding hydrogens is 306 g/mol. The molecule has 0 bridgehead atoms. The van der Waals surface area contributed by atoms with Gasteiger partial charge in [-0.2, -0.15) is 0 Å². The van der Waals surface area contributed by atoms with Gasteiger partial charge in [-0.15, -0.1) is 11.3 Å². The highest BCUT2D eigenvalue weighted by molar-refractivity contribution is 7.10. The monoisotopic (exact) mass is 333 g/mol. The average Bonchev–Trinajstić information content (AvgIpc) is 3.27. The smallest absolute Gasteiger partial charge is 0.191 e. The lowest BCUT2D eigenvalue weighted by Gasteiger charge is -2.57. The van der Waals surface area contributed by atoms with Crippen LogP contribution < -0.4 is 10.6 Å². The standard InChI is InChI=1S/C18H27N3OS/c1-12-6-10-23-14(12)11-20-17(19-2)21-15-13-5-9-22-16(13)18(15)7-3-4-8-18/h6,10,13,15-16H,3-5,7-9,11H2,1-2H3,(H2,19,20,21). The number of hydrogen-bond donors (Lipinski definition) is 2. The van der Waals surface area contributed by atoms with Crippen LogP contribution >= 0.6 is 11.3 Å². The Balaban J connectivity index is 1.42. The van der Waals surface area contributed by atoms with Gasteiger partial charge >= 0.3 is 0 Å². The number of rotatable bonds is 3. The molecule has 0 amide bonds. The lowest BCUT2D eigenvalue weighted by Crippen LogP contribution is -2.69. The molecule has 3 aliphatic rings. The third kappa shape index (κ3) is 2.49. The van der Waals surface area contributed by atoms with Crippen LogP contribution in [0, 0.1) is 18.3 Å². The number of guanidine groups is 1. The maximum atomic E-state index is 6.07. The Hall–Kier alpha value is -1.07. The zero-order valence-electron chi connectivity index (χ0n) is 14.1. The molecule has 1 aliphatic heterocycles. The van der Waals surface area contributed by atoms with E-state index in [1.165, 1.54) is 42.5 Å². The van der Waals surface area contributed by atoms with Gasteiger partial charge in [0.15, 0.2) is 5.96 Å². The fourth-order valence-electron chi connectivity index (χ4n) is 5.00. The highest BCUT2D eigenvalue weighted by Gasteiger charge is 2.65. The van der Waals surface area contributed by atoms with E-state index in [2.05, 4.69) is 34.0 Å². The zero-order chi connectivity index (χ0) is 15.9. The van der Waals surface area contributed by atoms with Crippen LogP contribution in [0.3, 0.4) is 0 Å². The Morgan fingerprint density at radius 2 is 2.26 bits per heavy atom. The maximum Gasteiger partial charge on any atom is 0.191 e. The normalized spacial score (nSPS) is 31.9. The molecule has 1 aromatic heterocycles. The molecule has 2 heterocycles. The van der Waals surface area contributed by atoms with Crippen LogP contribution in [0.25, 0.3) is 0 Å². The summed E-state index contributed by atoms with van der Waals surface area (Å²) < 4.78 is 6.07. The first-order valence-corrected chi connectivity index (χ1v) is 9.74. The van der Waals surface area contributed by atoms with E-state index in [1.54, 1.807) is 0 Å².